The molecule has 1 aromatic rings. The van der Waals surface area contributed by atoms with Crippen molar-refractivity contribution in [2.45, 2.75) is 78.8 Å². The maximum atomic E-state index is 4.64. The molecule has 1 aromatic heterocycles. The summed E-state index contributed by atoms with van der Waals surface area (Å²) in [5, 5.41) is 3.69. The molecule has 1 N–H and O–H groups in total. The van der Waals surface area contributed by atoms with Gasteiger partial charge in [0.2, 0.25) is 5.95 Å². The molecule has 0 radical (unpaired) electrons. The van der Waals surface area contributed by atoms with Crippen molar-refractivity contribution in [1.82, 2.24) is 9.55 Å². The van der Waals surface area contributed by atoms with E-state index in [0.29, 0.717) is 0 Å². The lowest BCUT2D eigenvalue weighted by molar-refractivity contribution is 0.414. The van der Waals surface area contributed by atoms with Crippen molar-refractivity contribution < 1.29 is 0 Å². The molecule has 0 saturated carbocycles. The molecule has 104 valence electrons. The Hall–Kier alpha value is -0.990. The SMILES string of the molecule is CCCCn1cc(C)nc1NC(CC)(CC)CC. The van der Waals surface area contributed by atoms with Crippen LogP contribution in [0.25, 0.3) is 0 Å². The van der Waals surface area contributed by atoms with Crippen LogP contribution in [0.15, 0.2) is 6.20 Å². The Morgan fingerprint density at radius 3 is 2.28 bits per heavy atom. The van der Waals surface area contributed by atoms with Gasteiger partial charge < -0.3 is 9.88 Å². The van der Waals surface area contributed by atoms with E-state index in [9.17, 15) is 0 Å². The fourth-order valence-corrected chi connectivity index (χ4v) is 2.40. The van der Waals surface area contributed by atoms with Crippen molar-refractivity contribution in [1.29, 1.82) is 0 Å². The fraction of sp³-hybridized carbons (Fsp3) is 0.800. The van der Waals surface area contributed by atoms with Gasteiger partial charge in [0.25, 0.3) is 0 Å². The first-order valence-electron chi connectivity index (χ1n) is 7.42. The van der Waals surface area contributed by atoms with Crippen LogP contribution in [0.1, 0.15) is 65.5 Å². The Bertz CT molecular complexity index is 342. The van der Waals surface area contributed by atoms with Crippen LogP contribution in [0.5, 0.6) is 0 Å². The van der Waals surface area contributed by atoms with Gasteiger partial charge in [0.05, 0.1) is 5.69 Å². The number of aryl methyl sites for hydroxylation is 2. The zero-order valence-electron chi connectivity index (χ0n) is 12.7. The largest absolute Gasteiger partial charge is 0.350 e. The standard InChI is InChI=1S/C15H29N3/c1-6-10-11-18-12-13(5)16-14(18)17-15(7-2,8-3)9-4/h12H,6-11H2,1-5H3,(H,16,17). The average molecular weight is 251 g/mol. The Kier molecular flexibility index (Phi) is 5.70. The Balaban J connectivity index is 2.87. The van der Waals surface area contributed by atoms with Gasteiger partial charge in [-0.1, -0.05) is 34.1 Å². The maximum absolute atomic E-state index is 4.64. The predicted molar refractivity (Wildman–Crippen MR) is 79.1 cm³/mol. The molecule has 0 unspecified atom stereocenters. The average Bonchev–Trinajstić information content (AvgIpc) is 2.73. The maximum Gasteiger partial charge on any atom is 0.203 e. The minimum Gasteiger partial charge on any atom is -0.350 e. The molecule has 0 bridgehead atoms. The number of nitrogens with zero attached hydrogens (tertiary/aromatic N) is 2. The highest BCUT2D eigenvalue weighted by molar-refractivity contribution is 5.33. The summed E-state index contributed by atoms with van der Waals surface area (Å²) >= 11 is 0. The molecule has 0 saturated heterocycles. The number of hydrogen-bond donors (Lipinski definition) is 1. The van der Waals surface area contributed by atoms with Crippen LogP contribution in [0, 0.1) is 6.92 Å². The molecule has 1 rings (SSSR count). The topological polar surface area (TPSA) is 29.9 Å². The van der Waals surface area contributed by atoms with Crippen LogP contribution in [0.3, 0.4) is 0 Å². The van der Waals surface area contributed by atoms with Gasteiger partial charge in [-0.3, -0.25) is 0 Å². The molecule has 0 aliphatic heterocycles. The van der Waals surface area contributed by atoms with Gasteiger partial charge in [-0.2, -0.15) is 0 Å². The van der Waals surface area contributed by atoms with E-state index in [1.165, 1.54) is 12.8 Å². The number of hydrogen-bond acceptors (Lipinski definition) is 2. The Morgan fingerprint density at radius 2 is 1.78 bits per heavy atom. The summed E-state index contributed by atoms with van der Waals surface area (Å²) in [5.41, 5.74) is 1.30. The molecule has 1 heterocycles. The van der Waals surface area contributed by atoms with Crippen molar-refractivity contribution in [3.8, 4) is 0 Å². The monoisotopic (exact) mass is 251 g/mol. The third-order valence-electron chi connectivity index (χ3n) is 4.06. The van der Waals surface area contributed by atoms with E-state index in [1.807, 2.05) is 0 Å². The summed E-state index contributed by atoms with van der Waals surface area (Å²) in [5.74, 6) is 1.05. The van der Waals surface area contributed by atoms with E-state index < -0.39 is 0 Å². The highest BCUT2D eigenvalue weighted by atomic mass is 15.2. The first kappa shape index (κ1) is 15.1. The number of imidazole rings is 1. The van der Waals surface area contributed by atoms with Gasteiger partial charge >= 0.3 is 0 Å². The smallest absolute Gasteiger partial charge is 0.203 e. The molecular formula is C15H29N3. The molecule has 18 heavy (non-hydrogen) atoms. The summed E-state index contributed by atoms with van der Waals surface area (Å²) in [4.78, 5) is 4.64. The lowest BCUT2D eigenvalue weighted by Gasteiger charge is -2.32. The molecule has 3 heteroatoms. The number of nitrogens with one attached hydrogen (secondary N) is 1. The molecule has 0 amide bonds. The van der Waals surface area contributed by atoms with Crippen molar-refractivity contribution in [3.05, 3.63) is 11.9 Å². The van der Waals surface area contributed by atoms with E-state index in [-0.39, 0.29) is 5.54 Å². The van der Waals surface area contributed by atoms with Crippen LogP contribution in [-0.4, -0.2) is 15.1 Å². The van der Waals surface area contributed by atoms with Gasteiger partial charge in [-0.25, -0.2) is 4.98 Å². The van der Waals surface area contributed by atoms with Gasteiger partial charge in [-0.05, 0) is 32.6 Å². The summed E-state index contributed by atoms with van der Waals surface area (Å²) in [6.07, 6.45) is 8.00. The highest BCUT2D eigenvalue weighted by Crippen LogP contribution is 2.25. The molecule has 3 nitrogen and oxygen atoms in total. The zero-order valence-corrected chi connectivity index (χ0v) is 12.7. The number of aromatic nitrogens is 2. The third kappa shape index (κ3) is 3.50. The second-order valence-electron chi connectivity index (χ2n) is 5.22. The van der Waals surface area contributed by atoms with Crippen molar-refractivity contribution >= 4 is 5.95 Å². The minimum absolute atomic E-state index is 0.196. The predicted octanol–water partition coefficient (Wildman–Crippen LogP) is 4.37. The molecule has 0 fully saturated rings. The zero-order chi connectivity index (χ0) is 13.6. The Labute approximate surface area is 112 Å². The van der Waals surface area contributed by atoms with Crippen LogP contribution in [0.2, 0.25) is 0 Å². The van der Waals surface area contributed by atoms with Gasteiger partial charge in [0.1, 0.15) is 0 Å². The lowest BCUT2D eigenvalue weighted by atomic mass is 9.90. The summed E-state index contributed by atoms with van der Waals surface area (Å²) < 4.78 is 2.27. The second-order valence-corrected chi connectivity index (χ2v) is 5.22. The molecule has 0 aromatic carbocycles. The van der Waals surface area contributed by atoms with Crippen molar-refractivity contribution in [2.24, 2.45) is 0 Å². The van der Waals surface area contributed by atoms with Crippen LogP contribution < -0.4 is 5.32 Å². The molecule has 0 atom stereocenters. The summed E-state index contributed by atoms with van der Waals surface area (Å²) in [6.45, 7) is 12.1. The quantitative estimate of drug-likeness (QED) is 0.743. The molecule has 0 spiro atoms. The van der Waals surface area contributed by atoms with E-state index in [0.717, 1.165) is 37.4 Å². The third-order valence-corrected chi connectivity index (χ3v) is 4.06. The van der Waals surface area contributed by atoms with E-state index in [1.54, 1.807) is 0 Å². The van der Waals surface area contributed by atoms with E-state index >= 15 is 0 Å². The minimum atomic E-state index is 0.196. The number of rotatable bonds is 8. The highest BCUT2D eigenvalue weighted by Gasteiger charge is 2.25. The molecular weight excluding hydrogens is 222 g/mol. The molecule has 0 aliphatic rings. The van der Waals surface area contributed by atoms with Crippen LogP contribution >= 0.6 is 0 Å². The normalized spacial score (nSPS) is 11.8. The first-order chi connectivity index (χ1) is 8.60. The lowest BCUT2D eigenvalue weighted by Crippen LogP contribution is -2.37. The second kappa shape index (κ2) is 6.81. The van der Waals surface area contributed by atoms with E-state index in [2.05, 4.69) is 55.7 Å². The van der Waals surface area contributed by atoms with Crippen molar-refractivity contribution in [3.63, 3.8) is 0 Å². The van der Waals surface area contributed by atoms with Crippen molar-refractivity contribution in [2.75, 3.05) is 5.32 Å². The van der Waals surface area contributed by atoms with Gasteiger partial charge in [-0.15, -0.1) is 0 Å². The molecule has 0 aliphatic carbocycles. The Morgan fingerprint density at radius 1 is 1.17 bits per heavy atom. The van der Waals surface area contributed by atoms with Gasteiger partial charge in [0, 0.05) is 18.3 Å². The first-order valence-corrected chi connectivity index (χ1v) is 7.42. The van der Waals surface area contributed by atoms with Crippen LogP contribution in [-0.2, 0) is 6.54 Å². The fourth-order valence-electron chi connectivity index (χ4n) is 2.40. The summed E-state index contributed by atoms with van der Waals surface area (Å²) in [7, 11) is 0. The van der Waals surface area contributed by atoms with Crippen LogP contribution in [0.4, 0.5) is 5.95 Å². The number of unbranched alkanes of at least 4 members (excludes halogenated alkanes) is 1. The summed E-state index contributed by atoms with van der Waals surface area (Å²) in [6, 6.07) is 0. The van der Waals surface area contributed by atoms with E-state index in [4.69, 9.17) is 0 Å². The van der Waals surface area contributed by atoms with Gasteiger partial charge in [0.15, 0.2) is 0 Å². The number of anilines is 1.